The molecule has 2 aliphatic heterocycles. The number of carbonyl (C=O) groups excluding carboxylic acids is 2. The van der Waals surface area contributed by atoms with E-state index in [1.54, 1.807) is 15.9 Å². The highest BCUT2D eigenvalue weighted by molar-refractivity contribution is 5.83. The van der Waals surface area contributed by atoms with Crippen molar-refractivity contribution in [1.82, 2.24) is 14.7 Å². The zero-order valence-corrected chi connectivity index (χ0v) is 17.8. The molecule has 2 atom stereocenters. The van der Waals surface area contributed by atoms with Crippen LogP contribution in [0.2, 0.25) is 0 Å². The second-order valence-electron chi connectivity index (χ2n) is 8.86. The van der Waals surface area contributed by atoms with Crippen molar-refractivity contribution in [3.05, 3.63) is 35.4 Å². The van der Waals surface area contributed by atoms with Crippen LogP contribution in [0.3, 0.4) is 0 Å². The molecule has 0 bridgehead atoms. The predicted molar refractivity (Wildman–Crippen MR) is 108 cm³/mol. The third-order valence-corrected chi connectivity index (χ3v) is 6.03. The summed E-state index contributed by atoms with van der Waals surface area (Å²) in [5.74, 6) is -0.888. The lowest BCUT2D eigenvalue weighted by molar-refractivity contribution is -0.138. The topological polar surface area (TPSA) is 43.9 Å². The van der Waals surface area contributed by atoms with Crippen molar-refractivity contribution in [3.63, 3.8) is 0 Å². The molecule has 2 fully saturated rings. The first-order valence-electron chi connectivity index (χ1n) is 10.5. The Balaban J connectivity index is 1.87. The fourth-order valence-corrected chi connectivity index (χ4v) is 4.28. The molecule has 3 rings (SSSR count). The number of carbonyl (C=O) groups is 2. The van der Waals surface area contributed by atoms with E-state index in [4.69, 9.17) is 0 Å². The quantitative estimate of drug-likeness (QED) is 0.745. The van der Waals surface area contributed by atoms with E-state index >= 15 is 0 Å². The van der Waals surface area contributed by atoms with Gasteiger partial charge in [0.2, 0.25) is 11.8 Å². The van der Waals surface area contributed by atoms with Gasteiger partial charge in [0.05, 0.1) is 11.5 Å². The molecule has 5 nitrogen and oxygen atoms in total. The number of likely N-dealkylation sites (tertiary alicyclic amines) is 1. The highest BCUT2D eigenvalue weighted by Gasteiger charge is 2.43. The number of amides is 2. The van der Waals surface area contributed by atoms with Gasteiger partial charge in [-0.2, -0.15) is 13.2 Å². The summed E-state index contributed by atoms with van der Waals surface area (Å²) in [5.41, 5.74) is -0.255. The molecule has 2 aliphatic rings. The number of hydrogen-bond acceptors (Lipinski definition) is 3. The minimum atomic E-state index is -4.45. The Labute approximate surface area is 175 Å². The maximum absolute atomic E-state index is 13.3. The molecule has 2 heterocycles. The number of hydrogen-bond donors (Lipinski definition) is 0. The molecule has 2 saturated heterocycles. The van der Waals surface area contributed by atoms with Gasteiger partial charge in [-0.05, 0) is 24.6 Å². The molecule has 0 saturated carbocycles. The normalized spacial score (nSPS) is 23.3. The molecule has 166 valence electrons. The lowest BCUT2D eigenvalue weighted by Crippen LogP contribution is -2.50. The molecule has 0 N–H and O–H groups in total. The van der Waals surface area contributed by atoms with Gasteiger partial charge in [-0.15, -0.1) is 0 Å². The van der Waals surface area contributed by atoms with Gasteiger partial charge in [-0.3, -0.25) is 9.59 Å². The molecule has 0 radical (unpaired) electrons. The van der Waals surface area contributed by atoms with Crippen molar-refractivity contribution < 1.29 is 22.8 Å². The van der Waals surface area contributed by atoms with E-state index in [0.29, 0.717) is 25.1 Å². The summed E-state index contributed by atoms with van der Waals surface area (Å²) in [6.45, 7) is 7.17. The minimum absolute atomic E-state index is 0.0457. The van der Waals surface area contributed by atoms with Crippen LogP contribution in [0.5, 0.6) is 0 Å². The Hall–Kier alpha value is -2.09. The van der Waals surface area contributed by atoms with Gasteiger partial charge >= 0.3 is 6.18 Å². The molecule has 1 aromatic rings. The van der Waals surface area contributed by atoms with Gasteiger partial charge < -0.3 is 14.7 Å². The van der Waals surface area contributed by atoms with Crippen molar-refractivity contribution >= 4 is 11.8 Å². The van der Waals surface area contributed by atoms with E-state index < -0.39 is 23.6 Å². The highest BCUT2D eigenvalue weighted by Crippen LogP contribution is 2.37. The summed E-state index contributed by atoms with van der Waals surface area (Å²) in [7, 11) is 2.00. The van der Waals surface area contributed by atoms with Gasteiger partial charge in [0.25, 0.3) is 0 Å². The van der Waals surface area contributed by atoms with E-state index in [-0.39, 0.29) is 30.8 Å². The first-order chi connectivity index (χ1) is 14.1. The first kappa shape index (κ1) is 22.6. The summed E-state index contributed by atoms with van der Waals surface area (Å²) in [6, 6.07) is 5.19. The minimum Gasteiger partial charge on any atom is -0.341 e. The summed E-state index contributed by atoms with van der Waals surface area (Å²) in [6.07, 6.45) is -4.08. The molecule has 0 aliphatic carbocycles. The third kappa shape index (κ3) is 5.14. The second kappa shape index (κ2) is 8.96. The average Bonchev–Trinajstić information content (AvgIpc) is 3.12. The maximum Gasteiger partial charge on any atom is 0.416 e. The SMILES string of the molecule is CC(C)CC(=O)N1C[C@H](C(=O)N2CCN(C)CC2)[C@H](c2cccc(C(F)(F)F)c2)C1. The summed E-state index contributed by atoms with van der Waals surface area (Å²) >= 11 is 0. The van der Waals surface area contributed by atoms with Gasteiger partial charge in [0.15, 0.2) is 0 Å². The standard InChI is InChI=1S/C22H30F3N3O2/c1-15(2)11-20(29)28-13-18(16-5-4-6-17(12-16)22(23,24)25)19(14-28)21(30)27-9-7-26(3)8-10-27/h4-6,12,15,18-19H,7-11,13-14H2,1-3H3/t18-,19-/m0/s1. The van der Waals surface area contributed by atoms with Crippen LogP contribution >= 0.6 is 0 Å². The van der Waals surface area contributed by atoms with Crippen molar-refractivity contribution in [2.24, 2.45) is 11.8 Å². The predicted octanol–water partition coefficient (Wildman–Crippen LogP) is 3.07. The molecule has 0 spiro atoms. The fraction of sp³-hybridized carbons (Fsp3) is 0.636. The van der Waals surface area contributed by atoms with Crippen LogP contribution in [-0.4, -0.2) is 72.8 Å². The van der Waals surface area contributed by atoms with E-state index in [1.807, 2.05) is 20.9 Å². The first-order valence-corrected chi connectivity index (χ1v) is 10.5. The Morgan fingerprint density at radius 2 is 1.73 bits per heavy atom. The largest absolute Gasteiger partial charge is 0.416 e. The third-order valence-electron chi connectivity index (χ3n) is 6.03. The number of rotatable bonds is 4. The monoisotopic (exact) mass is 425 g/mol. The number of piperazine rings is 1. The average molecular weight is 425 g/mol. The van der Waals surface area contributed by atoms with Crippen LogP contribution in [0.15, 0.2) is 24.3 Å². The Kier molecular flexibility index (Phi) is 6.75. The van der Waals surface area contributed by atoms with Gasteiger partial charge in [0.1, 0.15) is 0 Å². The van der Waals surface area contributed by atoms with E-state index in [0.717, 1.165) is 25.2 Å². The summed E-state index contributed by atoms with van der Waals surface area (Å²) < 4.78 is 39.7. The lowest BCUT2D eigenvalue weighted by Gasteiger charge is -2.35. The highest BCUT2D eigenvalue weighted by atomic mass is 19.4. The molecular weight excluding hydrogens is 395 g/mol. The summed E-state index contributed by atoms with van der Waals surface area (Å²) in [4.78, 5) is 31.6. The van der Waals surface area contributed by atoms with E-state index in [1.165, 1.54) is 6.07 Å². The van der Waals surface area contributed by atoms with Gasteiger partial charge in [0, 0.05) is 51.6 Å². The summed E-state index contributed by atoms with van der Waals surface area (Å²) in [5, 5.41) is 0. The Morgan fingerprint density at radius 3 is 2.33 bits per heavy atom. The van der Waals surface area contributed by atoms with Crippen LogP contribution < -0.4 is 0 Å². The second-order valence-corrected chi connectivity index (χ2v) is 8.86. The number of benzene rings is 1. The Bertz CT molecular complexity index is 773. The number of halogens is 3. The van der Waals surface area contributed by atoms with Gasteiger partial charge in [-0.1, -0.05) is 32.0 Å². The lowest BCUT2D eigenvalue weighted by atomic mass is 9.87. The van der Waals surface area contributed by atoms with Crippen LogP contribution in [0.25, 0.3) is 0 Å². The zero-order chi connectivity index (χ0) is 22.1. The Morgan fingerprint density at radius 1 is 1.07 bits per heavy atom. The van der Waals surface area contributed by atoms with Gasteiger partial charge in [-0.25, -0.2) is 0 Å². The number of likely N-dealkylation sites (N-methyl/N-ethyl adjacent to an activating group) is 1. The molecule has 0 unspecified atom stereocenters. The molecule has 8 heteroatoms. The fourth-order valence-electron chi connectivity index (χ4n) is 4.28. The molecular formula is C22H30F3N3O2. The molecule has 30 heavy (non-hydrogen) atoms. The van der Waals surface area contributed by atoms with Crippen molar-refractivity contribution in [2.75, 3.05) is 46.3 Å². The van der Waals surface area contributed by atoms with Crippen LogP contribution in [-0.2, 0) is 15.8 Å². The number of alkyl halides is 3. The van der Waals surface area contributed by atoms with Crippen LogP contribution in [0.1, 0.15) is 37.3 Å². The van der Waals surface area contributed by atoms with Crippen molar-refractivity contribution in [1.29, 1.82) is 0 Å². The smallest absolute Gasteiger partial charge is 0.341 e. The zero-order valence-electron chi connectivity index (χ0n) is 17.8. The maximum atomic E-state index is 13.3. The van der Waals surface area contributed by atoms with Crippen LogP contribution in [0, 0.1) is 11.8 Å². The van der Waals surface area contributed by atoms with E-state index in [2.05, 4.69) is 4.90 Å². The van der Waals surface area contributed by atoms with E-state index in [9.17, 15) is 22.8 Å². The molecule has 1 aromatic carbocycles. The molecule has 0 aromatic heterocycles. The van der Waals surface area contributed by atoms with Crippen molar-refractivity contribution in [2.45, 2.75) is 32.4 Å². The van der Waals surface area contributed by atoms with Crippen LogP contribution in [0.4, 0.5) is 13.2 Å². The van der Waals surface area contributed by atoms with Crippen molar-refractivity contribution in [3.8, 4) is 0 Å². The number of nitrogens with zero attached hydrogens (tertiary/aromatic N) is 3. The molecule has 2 amide bonds.